The van der Waals surface area contributed by atoms with Crippen LogP contribution in [0.4, 0.5) is 9.52 Å². The molecular formula is C17H17FN4OS2. The van der Waals surface area contributed by atoms with E-state index in [1.54, 1.807) is 12.1 Å². The molecule has 0 unspecified atom stereocenters. The molecule has 2 aromatic heterocycles. The van der Waals surface area contributed by atoms with Crippen molar-refractivity contribution in [3.05, 3.63) is 46.2 Å². The Morgan fingerprint density at radius 3 is 2.92 bits per heavy atom. The molecule has 0 fully saturated rings. The number of benzene rings is 1. The normalized spacial score (nSPS) is 11.0. The molecule has 3 rings (SSSR count). The molecule has 5 nitrogen and oxygen atoms in total. The lowest BCUT2D eigenvalue weighted by molar-refractivity contribution is -0.115. The van der Waals surface area contributed by atoms with Crippen molar-refractivity contribution < 1.29 is 9.18 Å². The van der Waals surface area contributed by atoms with Crippen LogP contribution in [0, 0.1) is 11.7 Å². The highest BCUT2D eigenvalue weighted by Gasteiger charge is 2.12. The van der Waals surface area contributed by atoms with E-state index in [1.165, 1.54) is 34.8 Å². The van der Waals surface area contributed by atoms with Gasteiger partial charge < -0.3 is 5.32 Å². The summed E-state index contributed by atoms with van der Waals surface area (Å²) in [4.78, 5) is 16.6. The topological polar surface area (TPSA) is 67.8 Å². The molecule has 0 saturated heterocycles. The molecule has 0 aliphatic heterocycles. The van der Waals surface area contributed by atoms with Gasteiger partial charge in [0, 0.05) is 17.4 Å². The van der Waals surface area contributed by atoms with Crippen LogP contribution in [0.2, 0.25) is 0 Å². The number of anilines is 1. The van der Waals surface area contributed by atoms with Gasteiger partial charge in [0.05, 0.1) is 12.1 Å². The number of rotatable bonds is 6. The van der Waals surface area contributed by atoms with E-state index in [2.05, 4.69) is 34.3 Å². The third kappa shape index (κ3) is 4.90. The van der Waals surface area contributed by atoms with Crippen molar-refractivity contribution in [2.75, 3.05) is 5.32 Å². The fraction of sp³-hybridized carbons (Fsp3) is 0.294. The van der Waals surface area contributed by atoms with Gasteiger partial charge in [0.15, 0.2) is 0 Å². The Hall–Kier alpha value is -2.19. The van der Waals surface area contributed by atoms with Crippen molar-refractivity contribution in [3.63, 3.8) is 0 Å². The lowest BCUT2D eigenvalue weighted by Gasteiger charge is -1.99. The summed E-state index contributed by atoms with van der Waals surface area (Å²) in [6.45, 7) is 4.22. The van der Waals surface area contributed by atoms with Crippen molar-refractivity contribution >= 4 is 33.7 Å². The average Bonchev–Trinajstić information content (AvgIpc) is 3.16. The zero-order valence-electron chi connectivity index (χ0n) is 13.8. The molecule has 130 valence electrons. The minimum atomic E-state index is -0.305. The number of carbonyl (C=O) groups is 1. The first kappa shape index (κ1) is 17.6. The fourth-order valence-corrected chi connectivity index (χ4v) is 3.99. The third-order valence-corrected chi connectivity index (χ3v) is 5.06. The van der Waals surface area contributed by atoms with E-state index in [4.69, 9.17) is 0 Å². The Morgan fingerprint density at radius 2 is 2.16 bits per heavy atom. The summed E-state index contributed by atoms with van der Waals surface area (Å²) < 4.78 is 13.3. The summed E-state index contributed by atoms with van der Waals surface area (Å²) in [5.74, 6) is -0.00319. The Morgan fingerprint density at radius 1 is 1.32 bits per heavy atom. The highest BCUT2D eigenvalue weighted by Crippen LogP contribution is 2.25. The minimum absolute atomic E-state index is 0.144. The van der Waals surface area contributed by atoms with E-state index in [0.29, 0.717) is 27.3 Å². The number of halogens is 1. The van der Waals surface area contributed by atoms with E-state index in [0.717, 1.165) is 11.4 Å². The van der Waals surface area contributed by atoms with Gasteiger partial charge in [-0.1, -0.05) is 37.3 Å². The van der Waals surface area contributed by atoms with Gasteiger partial charge in [-0.2, -0.15) is 0 Å². The second kappa shape index (κ2) is 7.79. The van der Waals surface area contributed by atoms with Crippen LogP contribution in [0.5, 0.6) is 0 Å². The first-order valence-corrected chi connectivity index (χ1v) is 9.52. The number of thiazole rings is 1. The van der Waals surface area contributed by atoms with Gasteiger partial charge in [0.1, 0.15) is 15.8 Å². The second-order valence-electron chi connectivity index (χ2n) is 5.98. The molecule has 1 N–H and O–H groups in total. The Balaban J connectivity index is 1.61. The molecule has 0 aliphatic carbocycles. The smallest absolute Gasteiger partial charge is 0.232 e. The van der Waals surface area contributed by atoms with Gasteiger partial charge in [-0.15, -0.1) is 21.5 Å². The molecule has 0 radical (unpaired) electrons. The van der Waals surface area contributed by atoms with E-state index >= 15 is 0 Å². The number of carbonyl (C=O) groups excluding carboxylic acids is 1. The average molecular weight is 376 g/mol. The minimum Gasteiger partial charge on any atom is -0.300 e. The van der Waals surface area contributed by atoms with Gasteiger partial charge in [-0.3, -0.25) is 4.79 Å². The quantitative estimate of drug-likeness (QED) is 0.701. The molecular weight excluding hydrogens is 359 g/mol. The fourth-order valence-electron chi connectivity index (χ4n) is 2.21. The van der Waals surface area contributed by atoms with Crippen LogP contribution >= 0.6 is 22.7 Å². The molecule has 0 spiro atoms. The molecule has 0 bridgehead atoms. The highest BCUT2D eigenvalue weighted by molar-refractivity contribution is 7.15. The Labute approximate surface area is 153 Å². The van der Waals surface area contributed by atoms with E-state index in [1.807, 2.05) is 5.38 Å². The predicted molar refractivity (Wildman–Crippen MR) is 98.3 cm³/mol. The predicted octanol–water partition coefficient (Wildman–Crippen LogP) is 4.18. The van der Waals surface area contributed by atoms with Crippen LogP contribution in [0.15, 0.2) is 29.6 Å². The maximum absolute atomic E-state index is 13.3. The van der Waals surface area contributed by atoms with Crippen LogP contribution in [0.1, 0.15) is 24.5 Å². The molecule has 2 heterocycles. The van der Waals surface area contributed by atoms with Crippen LogP contribution in [-0.4, -0.2) is 21.1 Å². The summed E-state index contributed by atoms with van der Waals surface area (Å²) in [6, 6.07) is 6.26. The van der Waals surface area contributed by atoms with Crippen molar-refractivity contribution in [2.24, 2.45) is 5.92 Å². The molecule has 3 aromatic rings. The molecule has 0 saturated carbocycles. The first-order chi connectivity index (χ1) is 12.0. The zero-order valence-corrected chi connectivity index (χ0v) is 15.5. The van der Waals surface area contributed by atoms with Gasteiger partial charge in [0.2, 0.25) is 11.0 Å². The summed E-state index contributed by atoms with van der Waals surface area (Å²) in [5.41, 5.74) is 1.35. The van der Waals surface area contributed by atoms with Crippen molar-refractivity contribution in [2.45, 2.75) is 26.7 Å². The Bertz CT molecular complexity index is 875. The van der Waals surface area contributed by atoms with E-state index < -0.39 is 0 Å². The number of nitrogens with zero attached hydrogens (tertiary/aromatic N) is 3. The summed E-state index contributed by atoms with van der Waals surface area (Å²) in [7, 11) is 0. The standard InChI is InChI=1S/C17H17FN4OS2/c1-10(2)6-15-21-22-17(25-15)20-14(23)8-13-9-24-16(19-13)11-4-3-5-12(18)7-11/h3-5,7,9-10H,6,8H2,1-2H3,(H,20,22,23). The summed E-state index contributed by atoms with van der Waals surface area (Å²) in [5, 5.41) is 14.7. The monoisotopic (exact) mass is 376 g/mol. The van der Waals surface area contributed by atoms with Crippen LogP contribution in [0.25, 0.3) is 10.6 Å². The van der Waals surface area contributed by atoms with E-state index in [9.17, 15) is 9.18 Å². The maximum Gasteiger partial charge on any atom is 0.232 e. The summed E-state index contributed by atoms with van der Waals surface area (Å²) in [6.07, 6.45) is 0.988. The molecule has 25 heavy (non-hydrogen) atoms. The van der Waals surface area contributed by atoms with Crippen molar-refractivity contribution in [1.29, 1.82) is 0 Å². The number of hydrogen-bond acceptors (Lipinski definition) is 6. The highest BCUT2D eigenvalue weighted by atomic mass is 32.1. The molecule has 0 atom stereocenters. The largest absolute Gasteiger partial charge is 0.300 e. The van der Waals surface area contributed by atoms with Crippen LogP contribution < -0.4 is 5.32 Å². The lowest BCUT2D eigenvalue weighted by Crippen LogP contribution is -2.14. The van der Waals surface area contributed by atoms with Crippen molar-refractivity contribution in [3.8, 4) is 10.6 Å². The number of amides is 1. The van der Waals surface area contributed by atoms with E-state index in [-0.39, 0.29) is 18.1 Å². The zero-order chi connectivity index (χ0) is 17.8. The molecule has 8 heteroatoms. The maximum atomic E-state index is 13.3. The Kier molecular flexibility index (Phi) is 5.50. The SMILES string of the molecule is CC(C)Cc1nnc(NC(=O)Cc2csc(-c3cccc(F)c3)n2)s1. The van der Waals surface area contributed by atoms with Gasteiger partial charge >= 0.3 is 0 Å². The number of hydrogen-bond donors (Lipinski definition) is 1. The molecule has 1 aromatic carbocycles. The number of nitrogens with one attached hydrogen (secondary N) is 1. The first-order valence-electron chi connectivity index (χ1n) is 7.82. The third-order valence-electron chi connectivity index (χ3n) is 3.26. The molecule has 1 amide bonds. The number of aromatic nitrogens is 3. The lowest BCUT2D eigenvalue weighted by atomic mass is 10.1. The summed E-state index contributed by atoms with van der Waals surface area (Å²) >= 11 is 2.78. The van der Waals surface area contributed by atoms with Gasteiger partial charge in [0.25, 0.3) is 0 Å². The molecule has 0 aliphatic rings. The van der Waals surface area contributed by atoms with Gasteiger partial charge in [-0.05, 0) is 18.1 Å². The van der Waals surface area contributed by atoms with Crippen LogP contribution in [-0.2, 0) is 17.6 Å². The van der Waals surface area contributed by atoms with Crippen LogP contribution in [0.3, 0.4) is 0 Å². The second-order valence-corrected chi connectivity index (χ2v) is 7.90. The van der Waals surface area contributed by atoms with Gasteiger partial charge in [-0.25, -0.2) is 9.37 Å². The van der Waals surface area contributed by atoms with Crippen molar-refractivity contribution in [1.82, 2.24) is 15.2 Å².